The molecule has 0 spiro atoms. The second-order valence-corrected chi connectivity index (χ2v) is 4.96. The summed E-state index contributed by atoms with van der Waals surface area (Å²) in [6.07, 6.45) is 1.70. The zero-order valence-corrected chi connectivity index (χ0v) is 12.4. The van der Waals surface area contributed by atoms with E-state index in [1.807, 2.05) is 24.3 Å². The quantitative estimate of drug-likeness (QED) is 0.773. The van der Waals surface area contributed by atoms with E-state index >= 15 is 0 Å². The van der Waals surface area contributed by atoms with Gasteiger partial charge in [-0.2, -0.15) is 5.10 Å². The third-order valence-corrected chi connectivity index (χ3v) is 3.46. The van der Waals surface area contributed by atoms with Crippen LogP contribution >= 0.6 is 0 Å². The molecular weight excluding hydrogens is 294 g/mol. The lowest BCUT2D eigenvalue weighted by atomic mass is 10.1. The van der Waals surface area contributed by atoms with Gasteiger partial charge in [-0.1, -0.05) is 12.1 Å². The van der Waals surface area contributed by atoms with Gasteiger partial charge in [0.2, 0.25) is 0 Å². The molecule has 0 saturated carbocycles. The SMILES string of the molecule is COc1cccc(-c2nn(-c3ccc(C(=O)O)cc3)cc2N)c1. The molecular formula is C17H15N3O3. The number of nitrogens with zero attached hydrogens (tertiary/aromatic N) is 2. The van der Waals surface area contributed by atoms with Crippen molar-refractivity contribution in [1.82, 2.24) is 9.78 Å². The maximum atomic E-state index is 10.9. The summed E-state index contributed by atoms with van der Waals surface area (Å²) in [5.74, 6) is -0.240. The summed E-state index contributed by atoms with van der Waals surface area (Å²) in [6.45, 7) is 0. The van der Waals surface area contributed by atoms with Gasteiger partial charge in [0.05, 0.1) is 30.2 Å². The number of hydrogen-bond acceptors (Lipinski definition) is 4. The van der Waals surface area contributed by atoms with Crippen LogP contribution in [0.1, 0.15) is 10.4 Å². The average Bonchev–Trinajstić information content (AvgIpc) is 2.97. The van der Waals surface area contributed by atoms with Crippen molar-refractivity contribution in [2.45, 2.75) is 0 Å². The minimum absolute atomic E-state index is 0.224. The Morgan fingerprint density at radius 3 is 2.61 bits per heavy atom. The van der Waals surface area contributed by atoms with E-state index in [0.29, 0.717) is 11.4 Å². The predicted octanol–water partition coefficient (Wildman–Crippen LogP) is 2.83. The Labute approximate surface area is 132 Å². The molecule has 2 aromatic carbocycles. The maximum absolute atomic E-state index is 10.9. The van der Waals surface area contributed by atoms with Gasteiger partial charge in [0.1, 0.15) is 11.4 Å². The zero-order chi connectivity index (χ0) is 16.4. The Morgan fingerprint density at radius 1 is 1.22 bits per heavy atom. The molecule has 1 heterocycles. The summed E-state index contributed by atoms with van der Waals surface area (Å²) in [5, 5.41) is 13.4. The standard InChI is InChI=1S/C17H15N3O3/c1-23-14-4-2-3-12(9-14)16-15(18)10-20(19-16)13-7-5-11(6-8-13)17(21)22/h2-10H,18H2,1H3,(H,21,22). The first-order valence-corrected chi connectivity index (χ1v) is 6.92. The smallest absolute Gasteiger partial charge is 0.335 e. The first-order chi connectivity index (χ1) is 11.1. The highest BCUT2D eigenvalue weighted by Crippen LogP contribution is 2.28. The molecule has 116 valence electrons. The highest BCUT2D eigenvalue weighted by molar-refractivity contribution is 5.87. The fourth-order valence-corrected chi connectivity index (χ4v) is 2.27. The molecule has 3 rings (SSSR count). The van der Waals surface area contributed by atoms with E-state index in [4.69, 9.17) is 15.6 Å². The van der Waals surface area contributed by atoms with Crippen molar-refractivity contribution in [1.29, 1.82) is 0 Å². The van der Waals surface area contributed by atoms with Crippen molar-refractivity contribution in [2.24, 2.45) is 0 Å². The number of ether oxygens (including phenoxy) is 1. The first-order valence-electron chi connectivity index (χ1n) is 6.92. The van der Waals surface area contributed by atoms with E-state index in [0.717, 1.165) is 17.0 Å². The lowest BCUT2D eigenvalue weighted by molar-refractivity contribution is 0.0697. The van der Waals surface area contributed by atoms with Gasteiger partial charge >= 0.3 is 5.97 Å². The van der Waals surface area contributed by atoms with Crippen LogP contribution < -0.4 is 10.5 Å². The second kappa shape index (κ2) is 5.84. The normalized spacial score (nSPS) is 10.5. The number of nitrogens with two attached hydrogens (primary N) is 1. The Balaban J connectivity index is 1.98. The number of anilines is 1. The molecule has 0 bridgehead atoms. The first kappa shape index (κ1) is 14.6. The molecule has 0 atom stereocenters. The van der Waals surface area contributed by atoms with E-state index in [1.54, 1.807) is 30.1 Å². The Morgan fingerprint density at radius 2 is 1.96 bits per heavy atom. The summed E-state index contributed by atoms with van der Waals surface area (Å²) < 4.78 is 6.83. The van der Waals surface area contributed by atoms with Crippen LogP contribution in [-0.2, 0) is 0 Å². The summed E-state index contributed by atoms with van der Waals surface area (Å²) in [5.41, 5.74) is 9.04. The van der Waals surface area contributed by atoms with Gasteiger partial charge in [-0.15, -0.1) is 0 Å². The van der Waals surface area contributed by atoms with Gasteiger partial charge in [0.25, 0.3) is 0 Å². The van der Waals surface area contributed by atoms with Gasteiger partial charge in [-0.05, 0) is 36.4 Å². The number of carbonyl (C=O) groups is 1. The fraction of sp³-hybridized carbons (Fsp3) is 0.0588. The highest BCUT2D eigenvalue weighted by atomic mass is 16.5. The average molecular weight is 309 g/mol. The summed E-state index contributed by atoms with van der Waals surface area (Å²) in [6, 6.07) is 13.9. The van der Waals surface area contributed by atoms with Gasteiger partial charge in [-0.3, -0.25) is 0 Å². The van der Waals surface area contributed by atoms with Crippen LogP contribution in [-0.4, -0.2) is 28.0 Å². The summed E-state index contributed by atoms with van der Waals surface area (Å²) in [4.78, 5) is 10.9. The number of carboxylic acids is 1. The summed E-state index contributed by atoms with van der Waals surface area (Å²) >= 11 is 0. The molecule has 0 radical (unpaired) electrons. The minimum atomic E-state index is -0.964. The number of rotatable bonds is 4. The predicted molar refractivity (Wildman–Crippen MR) is 86.9 cm³/mol. The van der Waals surface area contributed by atoms with E-state index in [-0.39, 0.29) is 5.56 Å². The monoisotopic (exact) mass is 309 g/mol. The van der Waals surface area contributed by atoms with Crippen molar-refractivity contribution < 1.29 is 14.6 Å². The van der Waals surface area contributed by atoms with Gasteiger partial charge in [0, 0.05) is 5.56 Å². The lowest BCUT2D eigenvalue weighted by Gasteiger charge is -2.03. The van der Waals surface area contributed by atoms with Crippen molar-refractivity contribution in [3.05, 3.63) is 60.3 Å². The number of aromatic nitrogens is 2. The maximum Gasteiger partial charge on any atom is 0.335 e. The molecule has 0 aliphatic carbocycles. The van der Waals surface area contributed by atoms with Gasteiger partial charge < -0.3 is 15.6 Å². The van der Waals surface area contributed by atoms with Gasteiger partial charge in [0.15, 0.2) is 0 Å². The Bertz CT molecular complexity index is 854. The number of nitrogen functional groups attached to an aromatic ring is 1. The van der Waals surface area contributed by atoms with Crippen LogP contribution in [0.3, 0.4) is 0 Å². The van der Waals surface area contributed by atoms with E-state index in [2.05, 4.69) is 5.10 Å². The number of hydrogen-bond donors (Lipinski definition) is 2. The molecule has 3 aromatic rings. The largest absolute Gasteiger partial charge is 0.497 e. The molecule has 3 N–H and O–H groups in total. The third kappa shape index (κ3) is 2.87. The van der Waals surface area contributed by atoms with Crippen LogP contribution in [0.25, 0.3) is 16.9 Å². The minimum Gasteiger partial charge on any atom is -0.497 e. The van der Waals surface area contributed by atoms with Crippen LogP contribution in [0.15, 0.2) is 54.7 Å². The highest BCUT2D eigenvalue weighted by Gasteiger charge is 2.11. The molecule has 0 aliphatic rings. The molecule has 0 saturated heterocycles. The van der Waals surface area contributed by atoms with Crippen molar-refractivity contribution in [2.75, 3.05) is 12.8 Å². The van der Waals surface area contributed by atoms with E-state index < -0.39 is 5.97 Å². The van der Waals surface area contributed by atoms with E-state index in [1.165, 1.54) is 12.1 Å². The molecule has 0 aliphatic heterocycles. The number of benzene rings is 2. The molecule has 1 aromatic heterocycles. The van der Waals surface area contributed by atoms with Crippen LogP contribution in [0.4, 0.5) is 5.69 Å². The molecule has 0 amide bonds. The fourth-order valence-electron chi connectivity index (χ4n) is 2.27. The Kier molecular flexibility index (Phi) is 3.72. The van der Waals surface area contributed by atoms with Crippen LogP contribution in [0, 0.1) is 0 Å². The number of carboxylic acid groups (broad SMARTS) is 1. The van der Waals surface area contributed by atoms with Crippen molar-refractivity contribution in [3.8, 4) is 22.7 Å². The topological polar surface area (TPSA) is 90.4 Å². The lowest BCUT2D eigenvalue weighted by Crippen LogP contribution is -1.99. The molecule has 6 nitrogen and oxygen atoms in total. The third-order valence-electron chi connectivity index (χ3n) is 3.46. The summed E-state index contributed by atoms with van der Waals surface area (Å²) in [7, 11) is 1.60. The van der Waals surface area contributed by atoms with Crippen LogP contribution in [0.2, 0.25) is 0 Å². The van der Waals surface area contributed by atoms with Crippen molar-refractivity contribution in [3.63, 3.8) is 0 Å². The molecule has 0 fully saturated rings. The molecule has 23 heavy (non-hydrogen) atoms. The molecule has 0 unspecified atom stereocenters. The number of aromatic carboxylic acids is 1. The zero-order valence-electron chi connectivity index (χ0n) is 12.4. The second-order valence-electron chi connectivity index (χ2n) is 4.96. The molecule has 6 heteroatoms. The van der Waals surface area contributed by atoms with E-state index in [9.17, 15) is 4.79 Å². The Hall–Kier alpha value is -3.28. The van der Waals surface area contributed by atoms with Crippen molar-refractivity contribution >= 4 is 11.7 Å². The van der Waals surface area contributed by atoms with Gasteiger partial charge in [-0.25, -0.2) is 9.48 Å². The number of methoxy groups -OCH3 is 1. The van der Waals surface area contributed by atoms with Crippen LogP contribution in [0.5, 0.6) is 5.75 Å².